The summed E-state index contributed by atoms with van der Waals surface area (Å²) >= 11 is 0. The molecule has 1 aromatic carbocycles. The number of rotatable bonds is 1. The second-order valence-electron chi connectivity index (χ2n) is 3.44. The van der Waals surface area contributed by atoms with Gasteiger partial charge < -0.3 is 0 Å². The van der Waals surface area contributed by atoms with Gasteiger partial charge in [-0.2, -0.15) is 0 Å². The van der Waals surface area contributed by atoms with Crippen LogP contribution in [0.5, 0.6) is 0 Å². The van der Waals surface area contributed by atoms with E-state index in [-0.39, 0.29) is 0 Å². The van der Waals surface area contributed by atoms with Crippen LogP contribution in [-0.2, 0) is 13.1 Å². The van der Waals surface area contributed by atoms with Crippen LogP contribution in [0.3, 0.4) is 0 Å². The van der Waals surface area contributed by atoms with Gasteiger partial charge in [-0.25, -0.2) is 10.0 Å². The Balaban J connectivity index is 2.22. The molecule has 2 rings (SSSR count). The lowest BCUT2D eigenvalue weighted by Gasteiger charge is -2.22. The third-order valence-electron chi connectivity index (χ3n) is 2.39. The van der Waals surface area contributed by atoms with Gasteiger partial charge in [0.25, 0.3) is 0 Å². The molecule has 64 valence electrons. The van der Waals surface area contributed by atoms with E-state index in [0.717, 1.165) is 13.1 Å². The lowest BCUT2D eigenvalue weighted by atomic mass is 10.1. The molecule has 0 saturated carbocycles. The highest BCUT2D eigenvalue weighted by molar-refractivity contribution is 5.29. The Hall–Kier alpha value is -0.860. The summed E-state index contributed by atoms with van der Waals surface area (Å²) < 4.78 is 0. The Bertz CT molecular complexity index is 256. The van der Waals surface area contributed by atoms with E-state index in [4.69, 9.17) is 0 Å². The van der Waals surface area contributed by atoms with Gasteiger partial charge in [-0.05, 0) is 11.1 Å². The molecule has 0 bridgehead atoms. The highest BCUT2D eigenvalue weighted by Crippen LogP contribution is 2.21. The SMILES string of the molecule is CN(C)N1Cc2ccccc2C1. The van der Waals surface area contributed by atoms with Crippen molar-refractivity contribution < 1.29 is 0 Å². The van der Waals surface area contributed by atoms with Gasteiger partial charge in [-0.3, -0.25) is 0 Å². The minimum absolute atomic E-state index is 1.06. The molecular formula is C10H14N2. The lowest BCUT2D eigenvalue weighted by Crippen LogP contribution is -2.31. The summed E-state index contributed by atoms with van der Waals surface area (Å²) in [4.78, 5) is 0. The molecule has 0 fully saturated rings. The Kier molecular flexibility index (Phi) is 1.87. The molecule has 12 heavy (non-hydrogen) atoms. The molecule has 0 unspecified atom stereocenters. The number of benzene rings is 1. The van der Waals surface area contributed by atoms with Crippen LogP contribution in [0.4, 0.5) is 0 Å². The number of fused-ring (bicyclic) bond motifs is 1. The normalized spacial score (nSPS) is 16.9. The average molecular weight is 162 g/mol. The van der Waals surface area contributed by atoms with Crippen LogP contribution in [0, 0.1) is 0 Å². The summed E-state index contributed by atoms with van der Waals surface area (Å²) in [7, 11) is 4.18. The van der Waals surface area contributed by atoms with Crippen LogP contribution in [0.2, 0.25) is 0 Å². The fraction of sp³-hybridized carbons (Fsp3) is 0.400. The number of hydrazine groups is 1. The molecule has 0 aliphatic carbocycles. The smallest absolute Gasteiger partial charge is 0.0390 e. The van der Waals surface area contributed by atoms with Crippen molar-refractivity contribution in [2.45, 2.75) is 13.1 Å². The zero-order valence-electron chi connectivity index (χ0n) is 7.62. The first-order chi connectivity index (χ1) is 5.77. The predicted molar refractivity (Wildman–Crippen MR) is 49.4 cm³/mol. The molecule has 2 heteroatoms. The summed E-state index contributed by atoms with van der Waals surface area (Å²) in [6.07, 6.45) is 0. The van der Waals surface area contributed by atoms with Gasteiger partial charge >= 0.3 is 0 Å². The lowest BCUT2D eigenvalue weighted by molar-refractivity contribution is 0.0210. The van der Waals surface area contributed by atoms with Crippen LogP contribution < -0.4 is 0 Å². The van der Waals surface area contributed by atoms with Gasteiger partial charge in [0.2, 0.25) is 0 Å². The van der Waals surface area contributed by atoms with Crippen molar-refractivity contribution in [3.8, 4) is 0 Å². The molecule has 1 aromatic rings. The summed E-state index contributed by atoms with van der Waals surface area (Å²) in [6, 6.07) is 8.63. The van der Waals surface area contributed by atoms with Crippen molar-refractivity contribution in [2.75, 3.05) is 14.1 Å². The van der Waals surface area contributed by atoms with Crippen molar-refractivity contribution in [2.24, 2.45) is 0 Å². The third-order valence-corrected chi connectivity index (χ3v) is 2.39. The predicted octanol–water partition coefficient (Wildman–Crippen LogP) is 1.48. The Morgan fingerprint density at radius 1 is 1.08 bits per heavy atom. The fourth-order valence-electron chi connectivity index (χ4n) is 1.60. The van der Waals surface area contributed by atoms with E-state index < -0.39 is 0 Å². The summed E-state index contributed by atoms with van der Waals surface area (Å²) in [5.74, 6) is 0. The van der Waals surface area contributed by atoms with E-state index in [2.05, 4.69) is 48.4 Å². The molecule has 0 radical (unpaired) electrons. The molecule has 1 heterocycles. The Morgan fingerprint density at radius 2 is 1.58 bits per heavy atom. The van der Waals surface area contributed by atoms with Gasteiger partial charge in [0.15, 0.2) is 0 Å². The third kappa shape index (κ3) is 1.24. The minimum Gasteiger partial charge on any atom is -0.247 e. The van der Waals surface area contributed by atoms with Gasteiger partial charge in [0, 0.05) is 27.2 Å². The van der Waals surface area contributed by atoms with E-state index in [1.165, 1.54) is 11.1 Å². The first-order valence-corrected chi connectivity index (χ1v) is 4.26. The zero-order valence-corrected chi connectivity index (χ0v) is 7.62. The Morgan fingerprint density at radius 3 is 2.00 bits per heavy atom. The van der Waals surface area contributed by atoms with Crippen molar-refractivity contribution in [3.63, 3.8) is 0 Å². The maximum absolute atomic E-state index is 2.32. The summed E-state index contributed by atoms with van der Waals surface area (Å²) in [5, 5.41) is 4.48. The van der Waals surface area contributed by atoms with Crippen LogP contribution in [-0.4, -0.2) is 24.1 Å². The number of hydrogen-bond donors (Lipinski definition) is 0. The largest absolute Gasteiger partial charge is 0.247 e. The fourth-order valence-corrected chi connectivity index (χ4v) is 1.60. The van der Waals surface area contributed by atoms with Crippen LogP contribution in [0.25, 0.3) is 0 Å². The topological polar surface area (TPSA) is 6.48 Å². The van der Waals surface area contributed by atoms with E-state index in [1.54, 1.807) is 0 Å². The van der Waals surface area contributed by atoms with Crippen molar-refractivity contribution in [1.29, 1.82) is 0 Å². The molecule has 0 spiro atoms. The van der Waals surface area contributed by atoms with E-state index in [0.29, 0.717) is 0 Å². The molecule has 0 aromatic heterocycles. The molecule has 1 aliphatic heterocycles. The minimum atomic E-state index is 1.06. The molecule has 0 atom stereocenters. The maximum Gasteiger partial charge on any atom is 0.0390 e. The van der Waals surface area contributed by atoms with E-state index in [9.17, 15) is 0 Å². The molecular weight excluding hydrogens is 148 g/mol. The summed E-state index contributed by atoms with van der Waals surface area (Å²) in [6.45, 7) is 2.12. The van der Waals surface area contributed by atoms with Gasteiger partial charge in [0.1, 0.15) is 0 Å². The Labute approximate surface area is 73.4 Å². The highest BCUT2D eigenvalue weighted by atomic mass is 15.6. The van der Waals surface area contributed by atoms with Crippen molar-refractivity contribution in [1.82, 2.24) is 10.0 Å². The first kappa shape index (κ1) is 7.77. The van der Waals surface area contributed by atoms with E-state index >= 15 is 0 Å². The zero-order chi connectivity index (χ0) is 8.55. The quantitative estimate of drug-likeness (QED) is 0.617. The highest BCUT2D eigenvalue weighted by Gasteiger charge is 2.18. The van der Waals surface area contributed by atoms with Gasteiger partial charge in [-0.15, -0.1) is 0 Å². The number of hydrogen-bond acceptors (Lipinski definition) is 2. The molecule has 0 N–H and O–H groups in total. The summed E-state index contributed by atoms with van der Waals surface area (Å²) in [5.41, 5.74) is 2.93. The maximum atomic E-state index is 2.32. The standard InChI is InChI=1S/C10H14N2/c1-11(2)12-7-9-5-3-4-6-10(9)8-12/h3-6H,7-8H2,1-2H3. The van der Waals surface area contributed by atoms with E-state index in [1.807, 2.05) is 0 Å². The van der Waals surface area contributed by atoms with Gasteiger partial charge in [-0.1, -0.05) is 24.3 Å². The molecule has 1 aliphatic rings. The van der Waals surface area contributed by atoms with Crippen molar-refractivity contribution in [3.05, 3.63) is 35.4 Å². The van der Waals surface area contributed by atoms with Crippen LogP contribution >= 0.6 is 0 Å². The monoisotopic (exact) mass is 162 g/mol. The first-order valence-electron chi connectivity index (χ1n) is 4.26. The second kappa shape index (κ2) is 2.88. The van der Waals surface area contributed by atoms with Crippen LogP contribution in [0.1, 0.15) is 11.1 Å². The van der Waals surface area contributed by atoms with Crippen LogP contribution in [0.15, 0.2) is 24.3 Å². The molecule has 2 nitrogen and oxygen atoms in total. The second-order valence-corrected chi connectivity index (χ2v) is 3.44. The average Bonchev–Trinajstić information content (AvgIpc) is 2.46. The molecule has 0 amide bonds. The number of nitrogens with zero attached hydrogens (tertiary/aromatic N) is 2. The van der Waals surface area contributed by atoms with Crippen molar-refractivity contribution >= 4 is 0 Å². The van der Waals surface area contributed by atoms with Gasteiger partial charge in [0.05, 0.1) is 0 Å². The molecule has 0 saturated heterocycles.